The second-order valence-electron chi connectivity index (χ2n) is 6.14. The van der Waals surface area contributed by atoms with E-state index in [2.05, 4.69) is 21.0 Å². The summed E-state index contributed by atoms with van der Waals surface area (Å²) in [7, 11) is 0. The second kappa shape index (κ2) is 7.25. The predicted octanol–water partition coefficient (Wildman–Crippen LogP) is 4.48. The third-order valence-corrected chi connectivity index (χ3v) is 5.05. The van der Waals surface area contributed by atoms with Gasteiger partial charge in [0.1, 0.15) is 11.0 Å². The Morgan fingerprint density at radius 3 is 2.50 bits per heavy atom. The van der Waals surface area contributed by atoms with E-state index in [0.29, 0.717) is 11.5 Å². The Hall–Kier alpha value is -2.02. The number of rotatable bonds is 5. The molecule has 1 fully saturated rings. The molecule has 0 unspecified atom stereocenters. The lowest BCUT2D eigenvalue weighted by atomic mass is 9.84. The maximum absolute atomic E-state index is 12.3. The van der Waals surface area contributed by atoms with Crippen molar-refractivity contribution in [1.82, 2.24) is 9.78 Å². The van der Waals surface area contributed by atoms with Crippen molar-refractivity contribution in [2.24, 2.45) is 0 Å². The van der Waals surface area contributed by atoms with Gasteiger partial charge in [-0.05, 0) is 45.2 Å². The Morgan fingerprint density at radius 2 is 1.92 bits per heavy atom. The van der Waals surface area contributed by atoms with Crippen LogP contribution in [0.4, 0.5) is 5.82 Å². The van der Waals surface area contributed by atoms with Crippen LogP contribution >= 0.6 is 15.9 Å². The van der Waals surface area contributed by atoms with E-state index in [4.69, 9.17) is 0 Å². The van der Waals surface area contributed by atoms with Crippen LogP contribution in [-0.4, -0.2) is 20.5 Å². The van der Waals surface area contributed by atoms with E-state index in [1.165, 1.54) is 48.5 Å². The first-order valence-electron chi connectivity index (χ1n) is 8.05. The summed E-state index contributed by atoms with van der Waals surface area (Å²) < 4.78 is 1.56. The monoisotopic (exact) mass is 391 g/mol. The molecule has 1 aromatic heterocycles. The van der Waals surface area contributed by atoms with Crippen LogP contribution in [0, 0.1) is 10.1 Å². The lowest BCUT2D eigenvalue weighted by Crippen LogP contribution is -2.11. The summed E-state index contributed by atoms with van der Waals surface area (Å²) in [5.74, 6) is 0.207. The maximum atomic E-state index is 12.3. The van der Waals surface area contributed by atoms with Crippen molar-refractivity contribution in [3.63, 3.8) is 0 Å². The van der Waals surface area contributed by atoms with Gasteiger partial charge in [0.25, 0.3) is 0 Å². The van der Waals surface area contributed by atoms with Gasteiger partial charge in [0.15, 0.2) is 5.78 Å². The Balaban J connectivity index is 1.68. The quantitative estimate of drug-likeness (QED) is 0.427. The molecule has 1 saturated carbocycles. The molecular formula is C17H18BrN3O3. The fraction of sp³-hybridized carbons (Fsp3) is 0.412. The fourth-order valence-corrected chi connectivity index (χ4v) is 3.67. The van der Waals surface area contributed by atoms with E-state index in [1.54, 1.807) is 0 Å². The third kappa shape index (κ3) is 3.72. The van der Waals surface area contributed by atoms with Crippen molar-refractivity contribution in [2.75, 3.05) is 0 Å². The SMILES string of the molecule is O=C(Cn1cc(Br)c([N+](=O)[O-])n1)c1ccc(C2CCCCC2)cc1. The first-order chi connectivity index (χ1) is 11.5. The molecule has 1 aromatic carbocycles. The van der Waals surface area contributed by atoms with Crippen molar-refractivity contribution < 1.29 is 9.72 Å². The standard InChI is InChI=1S/C17H18BrN3O3/c18-15-10-20(19-17(15)21(23)24)11-16(22)14-8-6-13(7-9-14)12-4-2-1-3-5-12/h6-10,12H,1-5,11H2. The summed E-state index contributed by atoms with van der Waals surface area (Å²) in [5, 5.41) is 14.6. The zero-order valence-corrected chi connectivity index (χ0v) is 14.7. The zero-order chi connectivity index (χ0) is 17.1. The van der Waals surface area contributed by atoms with Gasteiger partial charge < -0.3 is 10.1 Å². The van der Waals surface area contributed by atoms with Crippen molar-refractivity contribution in [1.29, 1.82) is 0 Å². The minimum absolute atomic E-state index is 0.0186. The van der Waals surface area contributed by atoms with Gasteiger partial charge in [-0.25, -0.2) is 0 Å². The van der Waals surface area contributed by atoms with Crippen LogP contribution in [0.15, 0.2) is 34.9 Å². The normalized spacial score (nSPS) is 15.4. The second-order valence-corrected chi connectivity index (χ2v) is 6.99. The van der Waals surface area contributed by atoms with Gasteiger partial charge in [0, 0.05) is 5.56 Å². The van der Waals surface area contributed by atoms with Crippen LogP contribution in [0.2, 0.25) is 0 Å². The van der Waals surface area contributed by atoms with Gasteiger partial charge in [0.2, 0.25) is 0 Å². The molecule has 0 aliphatic heterocycles. The number of nitro groups is 1. The van der Waals surface area contributed by atoms with Crippen LogP contribution in [0.5, 0.6) is 0 Å². The highest BCUT2D eigenvalue weighted by Gasteiger charge is 2.21. The largest absolute Gasteiger partial charge is 0.404 e. The van der Waals surface area contributed by atoms with Crippen LogP contribution in [0.1, 0.15) is 53.9 Å². The number of nitrogens with zero attached hydrogens (tertiary/aromatic N) is 3. The molecule has 3 rings (SSSR count). The van der Waals surface area contributed by atoms with Gasteiger partial charge >= 0.3 is 5.82 Å². The molecule has 0 atom stereocenters. The Bertz CT molecular complexity index is 749. The highest BCUT2D eigenvalue weighted by Crippen LogP contribution is 2.32. The molecule has 0 radical (unpaired) electrons. The summed E-state index contributed by atoms with van der Waals surface area (Å²) in [5.41, 5.74) is 1.90. The number of ketones is 1. The molecule has 0 N–H and O–H groups in total. The van der Waals surface area contributed by atoms with E-state index in [-0.39, 0.29) is 22.6 Å². The highest BCUT2D eigenvalue weighted by atomic mass is 79.9. The van der Waals surface area contributed by atoms with E-state index in [0.717, 1.165) is 0 Å². The number of benzene rings is 1. The van der Waals surface area contributed by atoms with E-state index < -0.39 is 4.92 Å². The van der Waals surface area contributed by atoms with Crippen LogP contribution in [-0.2, 0) is 6.54 Å². The molecule has 0 bridgehead atoms. The van der Waals surface area contributed by atoms with E-state index in [1.807, 2.05) is 24.3 Å². The molecule has 126 valence electrons. The maximum Gasteiger partial charge on any atom is 0.404 e. The van der Waals surface area contributed by atoms with Crippen LogP contribution in [0.25, 0.3) is 0 Å². The van der Waals surface area contributed by atoms with Gasteiger partial charge in [-0.3, -0.25) is 4.79 Å². The topological polar surface area (TPSA) is 78.0 Å². The van der Waals surface area contributed by atoms with Crippen molar-refractivity contribution in [3.8, 4) is 0 Å². The Morgan fingerprint density at radius 1 is 1.25 bits per heavy atom. The first-order valence-corrected chi connectivity index (χ1v) is 8.84. The summed E-state index contributed by atoms with van der Waals surface area (Å²) in [4.78, 5) is 22.6. The van der Waals surface area contributed by atoms with Gasteiger partial charge in [-0.15, -0.1) is 0 Å². The fourth-order valence-electron chi connectivity index (χ4n) is 3.21. The zero-order valence-electron chi connectivity index (χ0n) is 13.2. The molecule has 6 nitrogen and oxygen atoms in total. The van der Waals surface area contributed by atoms with E-state index >= 15 is 0 Å². The molecule has 0 spiro atoms. The van der Waals surface area contributed by atoms with E-state index in [9.17, 15) is 14.9 Å². The summed E-state index contributed by atoms with van der Waals surface area (Å²) >= 11 is 3.08. The van der Waals surface area contributed by atoms with Crippen molar-refractivity contribution in [2.45, 2.75) is 44.6 Å². The molecule has 2 aromatic rings. The molecular weight excluding hydrogens is 374 g/mol. The molecule has 1 aliphatic rings. The van der Waals surface area contributed by atoms with Crippen molar-refractivity contribution in [3.05, 3.63) is 56.2 Å². The number of aromatic nitrogens is 2. The average molecular weight is 392 g/mol. The molecule has 0 amide bonds. The lowest BCUT2D eigenvalue weighted by molar-refractivity contribution is -0.390. The predicted molar refractivity (Wildman–Crippen MR) is 93.2 cm³/mol. The number of Topliss-reactive ketones (excluding diaryl/α,β-unsaturated/α-hetero) is 1. The molecule has 7 heteroatoms. The van der Waals surface area contributed by atoms with Gasteiger partial charge in [-0.2, -0.15) is 4.68 Å². The third-order valence-electron chi connectivity index (χ3n) is 4.49. The van der Waals surface area contributed by atoms with Gasteiger partial charge in [-0.1, -0.05) is 43.5 Å². The minimum atomic E-state index is -0.579. The average Bonchev–Trinajstić information content (AvgIpc) is 2.96. The van der Waals surface area contributed by atoms with Crippen LogP contribution < -0.4 is 0 Å². The Labute approximate surface area is 148 Å². The minimum Gasteiger partial charge on any atom is -0.358 e. The van der Waals surface area contributed by atoms with Gasteiger partial charge in [0.05, 0.1) is 11.3 Å². The number of hydrogen-bond donors (Lipinski definition) is 0. The summed E-state index contributed by atoms with van der Waals surface area (Å²) in [6, 6.07) is 7.76. The van der Waals surface area contributed by atoms with Crippen LogP contribution in [0.3, 0.4) is 0 Å². The van der Waals surface area contributed by atoms with Crippen molar-refractivity contribution >= 4 is 27.5 Å². The molecule has 24 heavy (non-hydrogen) atoms. The number of carbonyl (C=O) groups excluding carboxylic acids is 1. The summed E-state index contributed by atoms with van der Waals surface area (Å²) in [6.45, 7) is -0.0186. The molecule has 1 heterocycles. The number of halogens is 1. The molecule has 0 saturated heterocycles. The number of carbonyl (C=O) groups is 1. The number of hydrogen-bond acceptors (Lipinski definition) is 4. The molecule has 1 aliphatic carbocycles. The lowest BCUT2D eigenvalue weighted by Gasteiger charge is -2.22. The highest BCUT2D eigenvalue weighted by molar-refractivity contribution is 9.10. The smallest absolute Gasteiger partial charge is 0.358 e. The Kier molecular flexibility index (Phi) is 5.08. The first kappa shape index (κ1) is 16.8. The summed E-state index contributed by atoms with van der Waals surface area (Å²) in [6.07, 6.45) is 7.76.